The Kier molecular flexibility index (Phi) is 4.05. The molecule has 1 fully saturated rings. The summed E-state index contributed by atoms with van der Waals surface area (Å²) in [5.41, 5.74) is 1.01. The molecule has 0 N–H and O–H groups in total. The molecule has 1 unspecified atom stereocenters. The molecule has 0 bridgehead atoms. The van der Waals surface area contributed by atoms with Gasteiger partial charge in [-0.25, -0.2) is 4.98 Å². The van der Waals surface area contributed by atoms with Gasteiger partial charge in [0.05, 0.1) is 24.3 Å². The number of pyridine rings is 1. The highest BCUT2D eigenvalue weighted by Crippen LogP contribution is 2.21. The predicted octanol–water partition coefficient (Wildman–Crippen LogP) is 2.60. The Labute approximate surface area is 109 Å². The summed E-state index contributed by atoms with van der Waals surface area (Å²) in [6, 6.07) is 4.05. The first kappa shape index (κ1) is 12.1. The fourth-order valence-corrected chi connectivity index (χ4v) is 2.14. The summed E-state index contributed by atoms with van der Waals surface area (Å²) in [5, 5.41) is 0. The van der Waals surface area contributed by atoms with Crippen molar-refractivity contribution in [2.24, 2.45) is 0 Å². The minimum Gasteiger partial charge on any atom is -0.373 e. The van der Waals surface area contributed by atoms with E-state index in [0.29, 0.717) is 12.5 Å². The van der Waals surface area contributed by atoms with E-state index in [9.17, 15) is 0 Å². The van der Waals surface area contributed by atoms with Crippen molar-refractivity contribution in [3.05, 3.63) is 22.3 Å². The van der Waals surface area contributed by atoms with Gasteiger partial charge in [-0.05, 0) is 35.0 Å². The second-order valence-electron chi connectivity index (χ2n) is 3.83. The number of aromatic nitrogens is 1. The molecule has 16 heavy (non-hydrogen) atoms. The number of morpholine rings is 1. The quantitative estimate of drug-likeness (QED) is 0.785. The Bertz CT molecular complexity index is 375. The van der Waals surface area contributed by atoms with Gasteiger partial charge < -0.3 is 9.64 Å². The lowest BCUT2D eigenvalue weighted by Gasteiger charge is -2.33. The molecule has 5 heteroatoms. The van der Waals surface area contributed by atoms with Crippen molar-refractivity contribution in [1.29, 1.82) is 0 Å². The Balaban J connectivity index is 2.13. The number of nitrogens with zero attached hydrogens (tertiary/aromatic N) is 2. The molecule has 0 radical (unpaired) electrons. The van der Waals surface area contributed by atoms with Crippen molar-refractivity contribution in [2.45, 2.75) is 13.0 Å². The number of hydrogen-bond acceptors (Lipinski definition) is 3. The van der Waals surface area contributed by atoms with Crippen molar-refractivity contribution in [2.75, 3.05) is 30.5 Å². The van der Waals surface area contributed by atoms with E-state index in [-0.39, 0.29) is 6.10 Å². The van der Waals surface area contributed by atoms with Gasteiger partial charge in [-0.3, -0.25) is 0 Å². The lowest BCUT2D eigenvalue weighted by molar-refractivity contribution is 0.0551. The fraction of sp³-hybridized carbons (Fsp3) is 0.545. The normalized spacial score (nSPS) is 21.2. The first-order valence-electron chi connectivity index (χ1n) is 5.26. The van der Waals surface area contributed by atoms with Crippen LogP contribution in [0.3, 0.4) is 0 Å². The van der Waals surface area contributed by atoms with Crippen molar-refractivity contribution >= 4 is 33.3 Å². The highest BCUT2D eigenvalue weighted by molar-refractivity contribution is 9.10. The van der Waals surface area contributed by atoms with Crippen molar-refractivity contribution in [3.8, 4) is 0 Å². The molecule has 0 aromatic carbocycles. The molecule has 1 atom stereocenters. The van der Waals surface area contributed by atoms with Crippen LogP contribution in [0, 0.1) is 6.92 Å². The van der Waals surface area contributed by atoms with Crippen LogP contribution in [0.5, 0.6) is 0 Å². The number of anilines is 1. The van der Waals surface area contributed by atoms with Gasteiger partial charge in [0.1, 0.15) is 5.82 Å². The standard InChI is InChI=1S/C11H14BrClN2O/c1-8-10(12)2-3-11(14-8)15-4-5-16-9(6-13)7-15/h2-3,9H,4-7H2,1H3. The van der Waals surface area contributed by atoms with E-state index in [4.69, 9.17) is 16.3 Å². The summed E-state index contributed by atoms with van der Waals surface area (Å²) >= 11 is 9.26. The van der Waals surface area contributed by atoms with Gasteiger partial charge >= 0.3 is 0 Å². The van der Waals surface area contributed by atoms with Crippen LogP contribution in [0.25, 0.3) is 0 Å². The number of halogens is 2. The van der Waals surface area contributed by atoms with Gasteiger partial charge in [0.15, 0.2) is 0 Å². The van der Waals surface area contributed by atoms with Gasteiger partial charge in [-0.2, -0.15) is 0 Å². The van der Waals surface area contributed by atoms with Gasteiger partial charge in [0.25, 0.3) is 0 Å². The second kappa shape index (κ2) is 5.34. The molecule has 1 aromatic rings. The third-order valence-electron chi connectivity index (χ3n) is 2.64. The first-order valence-corrected chi connectivity index (χ1v) is 6.59. The van der Waals surface area contributed by atoms with E-state index in [1.54, 1.807) is 0 Å². The molecule has 0 saturated carbocycles. The number of ether oxygens (including phenoxy) is 1. The van der Waals surface area contributed by atoms with Crippen molar-refractivity contribution in [3.63, 3.8) is 0 Å². The Morgan fingerprint density at radius 3 is 3.12 bits per heavy atom. The van der Waals surface area contributed by atoms with Crippen LogP contribution in [-0.2, 0) is 4.74 Å². The van der Waals surface area contributed by atoms with E-state index in [1.165, 1.54) is 0 Å². The molecule has 0 aliphatic carbocycles. The average Bonchev–Trinajstić information content (AvgIpc) is 2.33. The smallest absolute Gasteiger partial charge is 0.129 e. The van der Waals surface area contributed by atoms with Gasteiger partial charge in [0, 0.05) is 17.6 Å². The highest BCUT2D eigenvalue weighted by Gasteiger charge is 2.20. The second-order valence-corrected chi connectivity index (χ2v) is 4.99. The lowest BCUT2D eigenvalue weighted by atomic mass is 10.3. The highest BCUT2D eigenvalue weighted by atomic mass is 79.9. The molecular formula is C11H14BrClN2O. The van der Waals surface area contributed by atoms with Gasteiger partial charge in [0.2, 0.25) is 0 Å². The summed E-state index contributed by atoms with van der Waals surface area (Å²) in [4.78, 5) is 6.76. The molecule has 0 spiro atoms. The zero-order chi connectivity index (χ0) is 11.5. The number of aryl methyl sites for hydroxylation is 1. The Hall–Kier alpha value is -0.320. The fourth-order valence-electron chi connectivity index (χ4n) is 1.73. The topological polar surface area (TPSA) is 25.4 Å². The molecule has 2 rings (SSSR count). The van der Waals surface area contributed by atoms with Crippen LogP contribution in [0.15, 0.2) is 16.6 Å². The zero-order valence-corrected chi connectivity index (χ0v) is 11.5. The maximum absolute atomic E-state index is 5.81. The van der Waals surface area contributed by atoms with Gasteiger partial charge in [-0.15, -0.1) is 11.6 Å². The Morgan fingerprint density at radius 1 is 1.62 bits per heavy atom. The van der Waals surface area contributed by atoms with Crippen molar-refractivity contribution in [1.82, 2.24) is 4.98 Å². The van der Waals surface area contributed by atoms with E-state index in [1.807, 2.05) is 19.1 Å². The summed E-state index contributed by atoms with van der Waals surface area (Å²) in [5.74, 6) is 1.53. The van der Waals surface area contributed by atoms with E-state index in [0.717, 1.165) is 29.1 Å². The maximum atomic E-state index is 5.81. The SMILES string of the molecule is Cc1nc(N2CCOC(CCl)C2)ccc1Br. The minimum atomic E-state index is 0.112. The molecule has 1 aliphatic heterocycles. The van der Waals surface area contributed by atoms with Gasteiger partial charge in [-0.1, -0.05) is 0 Å². The molecule has 1 aromatic heterocycles. The third-order valence-corrected chi connectivity index (χ3v) is 3.82. The number of hydrogen-bond donors (Lipinski definition) is 0. The molecule has 3 nitrogen and oxygen atoms in total. The lowest BCUT2D eigenvalue weighted by Crippen LogP contribution is -2.43. The van der Waals surface area contributed by atoms with Crippen LogP contribution in [0.4, 0.5) is 5.82 Å². The summed E-state index contributed by atoms with van der Waals surface area (Å²) in [6.45, 7) is 4.40. The predicted molar refractivity (Wildman–Crippen MR) is 69.3 cm³/mol. The van der Waals surface area contributed by atoms with E-state index >= 15 is 0 Å². The number of rotatable bonds is 2. The minimum absolute atomic E-state index is 0.112. The maximum Gasteiger partial charge on any atom is 0.129 e. The van der Waals surface area contributed by atoms with E-state index < -0.39 is 0 Å². The average molecular weight is 306 g/mol. The zero-order valence-electron chi connectivity index (χ0n) is 9.12. The molecule has 1 aliphatic rings. The van der Waals surface area contributed by atoms with E-state index in [2.05, 4.69) is 25.8 Å². The summed E-state index contributed by atoms with van der Waals surface area (Å²) in [6.07, 6.45) is 0.112. The molecule has 88 valence electrons. The largest absolute Gasteiger partial charge is 0.373 e. The molecule has 1 saturated heterocycles. The van der Waals surface area contributed by atoms with Crippen LogP contribution in [-0.4, -0.2) is 36.7 Å². The Morgan fingerprint density at radius 2 is 2.44 bits per heavy atom. The van der Waals surface area contributed by atoms with Crippen LogP contribution in [0.2, 0.25) is 0 Å². The number of alkyl halides is 1. The van der Waals surface area contributed by atoms with Crippen molar-refractivity contribution < 1.29 is 4.74 Å². The summed E-state index contributed by atoms with van der Waals surface area (Å²) < 4.78 is 6.56. The first-order chi connectivity index (χ1) is 7.70. The van der Waals surface area contributed by atoms with Crippen LogP contribution < -0.4 is 4.90 Å². The molecular weight excluding hydrogens is 291 g/mol. The monoisotopic (exact) mass is 304 g/mol. The third kappa shape index (κ3) is 2.67. The van der Waals surface area contributed by atoms with Crippen LogP contribution in [0.1, 0.15) is 5.69 Å². The molecule has 0 amide bonds. The summed E-state index contributed by atoms with van der Waals surface area (Å²) in [7, 11) is 0. The molecule has 2 heterocycles. The van der Waals surface area contributed by atoms with Crippen LogP contribution >= 0.6 is 27.5 Å².